The minimum atomic E-state index is -4.59. The van der Waals surface area contributed by atoms with E-state index in [9.17, 15) is 22.8 Å². The van der Waals surface area contributed by atoms with Crippen LogP contribution in [0.5, 0.6) is 0 Å². The van der Waals surface area contributed by atoms with Crippen molar-refractivity contribution >= 4 is 29.3 Å². The number of thioether (sulfide) groups is 1. The number of nitrogens with two attached hydrogens (primary N) is 1. The molecule has 2 atom stereocenters. The lowest BCUT2D eigenvalue weighted by atomic mass is 9.86. The van der Waals surface area contributed by atoms with Gasteiger partial charge in [-0.05, 0) is 56.0 Å². The topological polar surface area (TPSA) is 84.2 Å². The first-order valence-corrected chi connectivity index (χ1v) is 11.9. The Balaban J connectivity index is 1.53. The number of amides is 2. The van der Waals surface area contributed by atoms with Crippen LogP contribution in [0.3, 0.4) is 0 Å². The molecular formula is C24H28F3N3O2S. The smallest absolute Gasteiger partial charge is 0.398 e. The van der Waals surface area contributed by atoms with Gasteiger partial charge in [0.1, 0.15) is 0 Å². The number of aryl methyl sites for hydroxylation is 1. The van der Waals surface area contributed by atoms with Gasteiger partial charge in [-0.2, -0.15) is 13.2 Å². The van der Waals surface area contributed by atoms with Gasteiger partial charge < -0.3 is 16.4 Å². The summed E-state index contributed by atoms with van der Waals surface area (Å²) in [5.41, 5.74) is 5.52. The lowest BCUT2D eigenvalue weighted by Crippen LogP contribution is -2.47. The molecule has 0 bridgehead atoms. The van der Waals surface area contributed by atoms with Gasteiger partial charge in [-0.15, -0.1) is 11.8 Å². The number of benzene rings is 2. The van der Waals surface area contributed by atoms with Crippen molar-refractivity contribution < 1.29 is 22.8 Å². The molecule has 5 nitrogen and oxygen atoms in total. The van der Waals surface area contributed by atoms with Gasteiger partial charge in [0.05, 0.1) is 17.7 Å². The Morgan fingerprint density at radius 2 is 1.79 bits per heavy atom. The summed E-state index contributed by atoms with van der Waals surface area (Å²) in [5, 5.41) is 5.38. The monoisotopic (exact) mass is 479 g/mol. The second kappa shape index (κ2) is 11.0. The fourth-order valence-electron chi connectivity index (χ4n) is 3.88. The molecule has 2 amide bonds. The van der Waals surface area contributed by atoms with Crippen molar-refractivity contribution in [3.05, 3.63) is 59.2 Å². The van der Waals surface area contributed by atoms with Crippen LogP contribution in [0.1, 0.15) is 47.2 Å². The van der Waals surface area contributed by atoms with E-state index in [1.54, 1.807) is 11.8 Å². The summed E-state index contributed by atoms with van der Waals surface area (Å²) < 4.78 is 38.8. The van der Waals surface area contributed by atoms with Crippen LogP contribution < -0.4 is 16.4 Å². The van der Waals surface area contributed by atoms with E-state index in [-0.39, 0.29) is 29.7 Å². The number of carbonyl (C=O) groups excluding carboxylic acids is 2. The summed E-state index contributed by atoms with van der Waals surface area (Å²) in [6.07, 6.45) is -0.593. The van der Waals surface area contributed by atoms with Gasteiger partial charge in [-0.25, -0.2) is 0 Å². The molecule has 9 heteroatoms. The van der Waals surface area contributed by atoms with Crippen molar-refractivity contribution in [1.29, 1.82) is 0 Å². The Morgan fingerprint density at radius 3 is 2.48 bits per heavy atom. The molecule has 3 rings (SSSR count). The molecule has 4 N–H and O–H groups in total. The summed E-state index contributed by atoms with van der Waals surface area (Å²) in [7, 11) is 0. The van der Waals surface area contributed by atoms with Crippen molar-refractivity contribution in [2.75, 3.05) is 18.0 Å². The first-order chi connectivity index (χ1) is 15.6. The van der Waals surface area contributed by atoms with Crippen molar-refractivity contribution in [2.45, 2.75) is 49.7 Å². The highest BCUT2D eigenvalue weighted by Gasteiger charge is 2.32. The maximum Gasteiger partial charge on any atom is 0.416 e. The highest BCUT2D eigenvalue weighted by molar-refractivity contribution is 7.99. The van der Waals surface area contributed by atoms with Gasteiger partial charge in [-0.3, -0.25) is 9.59 Å². The highest BCUT2D eigenvalue weighted by atomic mass is 32.2. The van der Waals surface area contributed by atoms with Gasteiger partial charge in [0, 0.05) is 22.4 Å². The Hall–Kier alpha value is -2.68. The Morgan fingerprint density at radius 1 is 1.09 bits per heavy atom. The van der Waals surface area contributed by atoms with Gasteiger partial charge in [-0.1, -0.05) is 30.5 Å². The third kappa shape index (κ3) is 7.15. The molecule has 0 aromatic heterocycles. The van der Waals surface area contributed by atoms with Gasteiger partial charge in [0.2, 0.25) is 5.91 Å². The number of rotatable bonds is 7. The molecule has 178 valence electrons. The maximum absolute atomic E-state index is 12.9. The van der Waals surface area contributed by atoms with E-state index < -0.39 is 17.6 Å². The van der Waals surface area contributed by atoms with Gasteiger partial charge in [0.25, 0.3) is 5.91 Å². The number of anilines is 1. The fourth-order valence-corrected chi connectivity index (χ4v) is 5.01. The molecule has 0 saturated heterocycles. The third-order valence-electron chi connectivity index (χ3n) is 5.78. The highest BCUT2D eigenvalue weighted by Crippen LogP contribution is 2.32. The average molecular weight is 480 g/mol. The standard InChI is InChI=1S/C24H28F3N3O2S/c1-15-6-9-18(10-7-15)33-14-16-4-2-3-5-21(16)30-22(31)13-29-23(32)19-12-17(24(25,26)27)8-11-20(19)28/h6-12,16,21H,2-5,13-14,28H2,1H3,(H,29,32)(H,30,31)/t16-,21-/m0/s1. The summed E-state index contributed by atoms with van der Waals surface area (Å²) >= 11 is 1.76. The first-order valence-electron chi connectivity index (χ1n) is 10.9. The van der Waals surface area contributed by atoms with E-state index in [1.165, 1.54) is 10.5 Å². The van der Waals surface area contributed by atoms with Crippen LogP contribution >= 0.6 is 11.8 Å². The van der Waals surface area contributed by atoms with Crippen molar-refractivity contribution in [2.24, 2.45) is 5.92 Å². The molecule has 0 unspecified atom stereocenters. The first kappa shape index (κ1) is 25.0. The molecule has 1 fully saturated rings. The van der Waals surface area contributed by atoms with Gasteiger partial charge >= 0.3 is 6.18 Å². The van der Waals surface area contributed by atoms with E-state index in [1.807, 2.05) is 6.92 Å². The predicted octanol–water partition coefficient (Wildman–Crippen LogP) is 4.79. The molecule has 33 heavy (non-hydrogen) atoms. The van der Waals surface area contributed by atoms with Crippen LogP contribution in [0.25, 0.3) is 0 Å². The largest absolute Gasteiger partial charge is 0.416 e. The maximum atomic E-state index is 12.9. The van der Waals surface area contributed by atoms with E-state index in [0.29, 0.717) is 12.0 Å². The van der Waals surface area contributed by atoms with E-state index in [4.69, 9.17) is 5.73 Å². The molecule has 1 aliphatic carbocycles. The predicted molar refractivity (Wildman–Crippen MR) is 124 cm³/mol. The summed E-state index contributed by atoms with van der Waals surface area (Å²) in [6.45, 7) is 1.71. The zero-order valence-electron chi connectivity index (χ0n) is 18.4. The molecule has 1 aliphatic rings. The third-order valence-corrected chi connectivity index (χ3v) is 6.98. The zero-order valence-corrected chi connectivity index (χ0v) is 19.2. The molecule has 0 spiro atoms. The molecule has 2 aromatic rings. The quantitative estimate of drug-likeness (QED) is 0.394. The number of hydrogen-bond acceptors (Lipinski definition) is 4. The lowest BCUT2D eigenvalue weighted by Gasteiger charge is -2.32. The number of halogens is 3. The zero-order chi connectivity index (χ0) is 24.0. The van der Waals surface area contributed by atoms with Crippen LogP contribution in [-0.2, 0) is 11.0 Å². The van der Waals surface area contributed by atoms with E-state index in [2.05, 4.69) is 34.9 Å². The van der Waals surface area contributed by atoms with E-state index in [0.717, 1.165) is 43.6 Å². The molecule has 0 heterocycles. The number of nitrogens with one attached hydrogen (secondary N) is 2. The minimum Gasteiger partial charge on any atom is -0.398 e. The van der Waals surface area contributed by atoms with Gasteiger partial charge in [0.15, 0.2) is 0 Å². The second-order valence-corrected chi connectivity index (χ2v) is 9.42. The molecule has 0 aliphatic heterocycles. The molecular weight excluding hydrogens is 451 g/mol. The minimum absolute atomic E-state index is 0.000253. The molecule has 1 saturated carbocycles. The summed E-state index contributed by atoms with van der Waals surface area (Å²) in [4.78, 5) is 26.0. The van der Waals surface area contributed by atoms with Crippen molar-refractivity contribution in [1.82, 2.24) is 10.6 Å². The van der Waals surface area contributed by atoms with Crippen molar-refractivity contribution in [3.63, 3.8) is 0 Å². The van der Waals surface area contributed by atoms with E-state index >= 15 is 0 Å². The second-order valence-electron chi connectivity index (χ2n) is 8.33. The van der Waals surface area contributed by atoms with Crippen LogP contribution in [0, 0.1) is 12.8 Å². The Labute approximate surface area is 195 Å². The summed E-state index contributed by atoms with van der Waals surface area (Å²) in [5.74, 6) is 0.0000334. The van der Waals surface area contributed by atoms with Crippen LogP contribution in [0.4, 0.5) is 18.9 Å². The molecule has 0 radical (unpaired) electrons. The van der Waals surface area contributed by atoms with Crippen LogP contribution in [-0.4, -0.2) is 30.2 Å². The number of alkyl halides is 3. The number of hydrogen-bond donors (Lipinski definition) is 3. The lowest BCUT2D eigenvalue weighted by molar-refractivity contribution is -0.137. The fraction of sp³-hybridized carbons (Fsp3) is 0.417. The Kier molecular flexibility index (Phi) is 8.29. The SMILES string of the molecule is Cc1ccc(SC[C@@H]2CCCC[C@@H]2NC(=O)CNC(=O)c2cc(C(F)(F)F)ccc2N)cc1. The molecule has 2 aromatic carbocycles. The van der Waals surface area contributed by atoms with Crippen molar-refractivity contribution in [3.8, 4) is 0 Å². The van der Waals surface area contributed by atoms with Crippen LogP contribution in [0.2, 0.25) is 0 Å². The summed E-state index contributed by atoms with van der Waals surface area (Å²) in [6, 6.07) is 10.9. The van der Waals surface area contributed by atoms with Crippen LogP contribution in [0.15, 0.2) is 47.4 Å². The number of nitrogen functional groups attached to an aromatic ring is 1. The average Bonchev–Trinajstić information content (AvgIpc) is 2.77. The Bertz CT molecular complexity index is 980. The number of carbonyl (C=O) groups is 2. The normalized spacial score (nSPS) is 18.5.